The van der Waals surface area contributed by atoms with E-state index < -0.39 is 17.8 Å². The number of halogens is 3. The van der Waals surface area contributed by atoms with Crippen LogP contribution in [0.3, 0.4) is 0 Å². The average molecular weight is 362 g/mol. The van der Waals surface area contributed by atoms with Crippen LogP contribution in [0.4, 0.5) is 19.1 Å². The number of alkyl halides is 3. The highest BCUT2D eigenvalue weighted by molar-refractivity contribution is 6.00. The smallest absolute Gasteiger partial charge is 0.328 e. The van der Waals surface area contributed by atoms with Crippen LogP contribution in [0.25, 0.3) is 0 Å². The van der Waals surface area contributed by atoms with E-state index in [-0.39, 0.29) is 23.2 Å². The number of allylic oxidation sites excluding steroid dienone is 2. The normalized spacial score (nSPS) is 21.9. The average Bonchev–Trinajstić information content (AvgIpc) is 2.98. The Labute approximate surface area is 147 Å². The Hall–Kier alpha value is -2.64. The molecule has 1 atom stereocenters. The first-order valence-corrected chi connectivity index (χ1v) is 8.26. The predicted molar refractivity (Wildman–Crippen MR) is 88.3 cm³/mol. The van der Waals surface area contributed by atoms with Crippen molar-refractivity contribution >= 4 is 11.7 Å². The zero-order valence-corrected chi connectivity index (χ0v) is 14.3. The fourth-order valence-electron chi connectivity index (χ4n) is 3.83. The molecule has 0 amide bonds. The maximum atomic E-state index is 13.6. The summed E-state index contributed by atoms with van der Waals surface area (Å²) >= 11 is 0. The lowest BCUT2D eigenvalue weighted by Gasteiger charge is -2.38. The Bertz CT molecular complexity index is 927. The number of anilines is 1. The standard InChI is InChI=1S/C18H17F3N4O/c1-17(2)7-12-14(13(26)8-17)15(25-16(24-12)22-9-23-25)10-5-3-4-6-11(10)18(19,20)21/h3-6,9,15H,7-8H2,1-2H3,(H,22,23,24)/t15-/m0/s1. The van der Waals surface area contributed by atoms with Gasteiger partial charge in [-0.25, -0.2) is 4.68 Å². The topological polar surface area (TPSA) is 59.8 Å². The number of nitrogens with zero attached hydrogens (tertiary/aromatic N) is 3. The van der Waals surface area contributed by atoms with E-state index >= 15 is 0 Å². The highest BCUT2D eigenvalue weighted by Crippen LogP contribution is 2.47. The summed E-state index contributed by atoms with van der Waals surface area (Å²) in [4.78, 5) is 17.0. The molecule has 2 aromatic rings. The van der Waals surface area contributed by atoms with Crippen molar-refractivity contribution < 1.29 is 18.0 Å². The van der Waals surface area contributed by atoms with Crippen LogP contribution in [-0.2, 0) is 11.0 Å². The van der Waals surface area contributed by atoms with E-state index in [9.17, 15) is 18.0 Å². The third kappa shape index (κ3) is 2.60. The number of carbonyl (C=O) groups excluding carboxylic acids is 1. The highest BCUT2D eigenvalue weighted by atomic mass is 19.4. The molecule has 0 bridgehead atoms. The van der Waals surface area contributed by atoms with Gasteiger partial charge in [-0.1, -0.05) is 32.0 Å². The molecule has 1 aliphatic heterocycles. The SMILES string of the molecule is CC1(C)CC(=O)C2=C(C1)Nc1ncnn1[C@H]2c1ccccc1C(F)(F)F. The molecule has 2 heterocycles. The second-order valence-electron chi connectivity index (χ2n) is 7.47. The molecule has 2 aliphatic rings. The molecule has 0 fully saturated rings. The summed E-state index contributed by atoms with van der Waals surface area (Å²) in [5, 5.41) is 7.18. The van der Waals surface area contributed by atoms with Gasteiger partial charge in [-0.05, 0) is 23.5 Å². The first-order chi connectivity index (χ1) is 12.2. The number of rotatable bonds is 1. The van der Waals surface area contributed by atoms with Crippen LogP contribution < -0.4 is 5.32 Å². The van der Waals surface area contributed by atoms with Gasteiger partial charge in [0, 0.05) is 17.7 Å². The second-order valence-corrected chi connectivity index (χ2v) is 7.47. The van der Waals surface area contributed by atoms with Crippen LogP contribution in [0, 0.1) is 5.41 Å². The van der Waals surface area contributed by atoms with Crippen LogP contribution in [-0.4, -0.2) is 20.5 Å². The van der Waals surface area contributed by atoms with Gasteiger partial charge in [0.05, 0.1) is 5.56 Å². The number of fused-ring (bicyclic) bond motifs is 1. The van der Waals surface area contributed by atoms with E-state index in [2.05, 4.69) is 15.4 Å². The molecule has 0 saturated carbocycles. The highest BCUT2D eigenvalue weighted by Gasteiger charge is 2.44. The summed E-state index contributed by atoms with van der Waals surface area (Å²) in [6, 6.07) is 4.38. The third-order valence-corrected chi connectivity index (χ3v) is 4.83. The van der Waals surface area contributed by atoms with E-state index in [1.54, 1.807) is 6.07 Å². The van der Waals surface area contributed by atoms with Crippen LogP contribution in [0.2, 0.25) is 0 Å². The number of ketones is 1. The molecule has 1 aromatic carbocycles. The number of hydrogen-bond donors (Lipinski definition) is 1. The molecule has 26 heavy (non-hydrogen) atoms. The zero-order valence-electron chi connectivity index (χ0n) is 14.3. The molecule has 1 aliphatic carbocycles. The lowest BCUT2D eigenvalue weighted by Crippen LogP contribution is -2.37. The lowest BCUT2D eigenvalue weighted by molar-refractivity contribution is -0.138. The summed E-state index contributed by atoms with van der Waals surface area (Å²) in [6.07, 6.45) is -2.41. The summed E-state index contributed by atoms with van der Waals surface area (Å²) in [5.74, 6) is 0.183. The second kappa shape index (κ2) is 5.43. The first kappa shape index (κ1) is 16.8. The maximum absolute atomic E-state index is 13.6. The molecule has 0 unspecified atom stereocenters. The fraction of sp³-hybridized carbons (Fsp3) is 0.389. The molecule has 0 saturated heterocycles. The van der Waals surface area contributed by atoms with Crippen LogP contribution >= 0.6 is 0 Å². The molecular formula is C18H17F3N4O. The van der Waals surface area contributed by atoms with Crippen molar-refractivity contribution in [1.29, 1.82) is 0 Å². The number of Topliss-reactive ketones (excluding diaryl/α,β-unsaturated/α-hetero) is 1. The quantitative estimate of drug-likeness (QED) is 0.834. The Morgan fingerprint density at radius 1 is 1.23 bits per heavy atom. The largest absolute Gasteiger partial charge is 0.416 e. The number of nitrogens with one attached hydrogen (secondary N) is 1. The van der Waals surface area contributed by atoms with Crippen molar-refractivity contribution in [1.82, 2.24) is 14.8 Å². The zero-order chi connectivity index (χ0) is 18.7. The Balaban J connectivity index is 1.96. The minimum atomic E-state index is -4.53. The van der Waals surface area contributed by atoms with Gasteiger partial charge >= 0.3 is 6.18 Å². The fourth-order valence-corrected chi connectivity index (χ4v) is 3.83. The first-order valence-electron chi connectivity index (χ1n) is 8.26. The van der Waals surface area contributed by atoms with Crippen LogP contribution in [0.15, 0.2) is 41.9 Å². The van der Waals surface area contributed by atoms with E-state index in [1.165, 1.54) is 23.1 Å². The Morgan fingerprint density at radius 3 is 2.69 bits per heavy atom. The predicted octanol–water partition coefficient (Wildman–Crippen LogP) is 3.96. The van der Waals surface area contributed by atoms with E-state index in [1.807, 2.05) is 13.8 Å². The maximum Gasteiger partial charge on any atom is 0.416 e. The van der Waals surface area contributed by atoms with Gasteiger partial charge in [0.2, 0.25) is 5.95 Å². The van der Waals surface area contributed by atoms with Gasteiger partial charge in [-0.2, -0.15) is 23.3 Å². The molecule has 1 N–H and O–H groups in total. The van der Waals surface area contributed by atoms with E-state index in [4.69, 9.17) is 0 Å². The molecule has 136 valence electrons. The van der Waals surface area contributed by atoms with Crippen molar-refractivity contribution in [3.05, 3.63) is 53.0 Å². The molecule has 8 heteroatoms. The Morgan fingerprint density at radius 2 is 1.96 bits per heavy atom. The van der Waals surface area contributed by atoms with Crippen molar-refractivity contribution in [2.45, 2.75) is 38.9 Å². The van der Waals surface area contributed by atoms with Gasteiger partial charge in [-0.3, -0.25) is 4.79 Å². The lowest BCUT2D eigenvalue weighted by atomic mass is 9.72. The summed E-state index contributed by atoms with van der Waals surface area (Å²) in [5.41, 5.74) is -0.0430. The van der Waals surface area contributed by atoms with Gasteiger partial charge in [0.25, 0.3) is 0 Å². The summed E-state index contributed by atoms with van der Waals surface area (Å²) in [7, 11) is 0. The van der Waals surface area contributed by atoms with Gasteiger partial charge in [-0.15, -0.1) is 0 Å². The van der Waals surface area contributed by atoms with E-state index in [0.717, 1.165) is 6.07 Å². The van der Waals surface area contributed by atoms with Crippen molar-refractivity contribution in [3.63, 3.8) is 0 Å². The number of aromatic nitrogens is 3. The molecular weight excluding hydrogens is 345 g/mol. The van der Waals surface area contributed by atoms with Crippen molar-refractivity contribution in [2.75, 3.05) is 5.32 Å². The Kier molecular flexibility index (Phi) is 3.51. The molecule has 1 aromatic heterocycles. The van der Waals surface area contributed by atoms with Crippen molar-refractivity contribution in [2.24, 2.45) is 5.41 Å². The van der Waals surface area contributed by atoms with Crippen LogP contribution in [0.1, 0.15) is 43.9 Å². The van der Waals surface area contributed by atoms with Gasteiger partial charge in [0.15, 0.2) is 5.78 Å². The minimum absolute atomic E-state index is 0.00815. The number of carbonyl (C=O) groups is 1. The summed E-state index contributed by atoms with van der Waals surface area (Å²) in [6.45, 7) is 3.93. The monoisotopic (exact) mass is 362 g/mol. The number of benzene rings is 1. The third-order valence-electron chi connectivity index (χ3n) is 4.83. The van der Waals surface area contributed by atoms with E-state index in [0.29, 0.717) is 23.6 Å². The summed E-state index contributed by atoms with van der Waals surface area (Å²) < 4.78 is 42.1. The van der Waals surface area contributed by atoms with Gasteiger partial charge < -0.3 is 5.32 Å². The molecule has 5 nitrogen and oxygen atoms in total. The van der Waals surface area contributed by atoms with Gasteiger partial charge in [0.1, 0.15) is 12.4 Å². The molecule has 0 radical (unpaired) electrons. The molecule has 0 spiro atoms. The minimum Gasteiger partial charge on any atom is -0.328 e. The molecule has 4 rings (SSSR count). The number of hydrogen-bond acceptors (Lipinski definition) is 4. The van der Waals surface area contributed by atoms with Crippen molar-refractivity contribution in [3.8, 4) is 0 Å². The van der Waals surface area contributed by atoms with Crippen LogP contribution in [0.5, 0.6) is 0 Å².